The normalized spacial score (nSPS) is 10.7. The van der Waals surface area contributed by atoms with E-state index in [0.29, 0.717) is 5.69 Å². The van der Waals surface area contributed by atoms with Gasteiger partial charge in [-0.1, -0.05) is 0 Å². The molecule has 2 amide bonds. The van der Waals surface area contributed by atoms with Crippen molar-refractivity contribution in [1.29, 1.82) is 0 Å². The number of carbonyl (C=O) groups excluding carboxylic acids is 3. The van der Waals surface area contributed by atoms with Crippen molar-refractivity contribution in [3.8, 4) is 0 Å². The van der Waals surface area contributed by atoms with Crippen LogP contribution in [-0.4, -0.2) is 53.9 Å². The minimum atomic E-state index is -0.498. The molecule has 7 heteroatoms. The van der Waals surface area contributed by atoms with Gasteiger partial charge in [-0.15, -0.1) is 0 Å². The van der Waals surface area contributed by atoms with Crippen LogP contribution in [0.15, 0.2) is 18.3 Å². The van der Waals surface area contributed by atoms with Gasteiger partial charge in [-0.25, -0.2) is 0 Å². The Morgan fingerprint density at radius 3 is 2.55 bits per heavy atom. The first-order valence-electron chi connectivity index (χ1n) is 6.22. The Labute approximate surface area is 117 Å². The van der Waals surface area contributed by atoms with Crippen LogP contribution in [0.25, 0.3) is 0 Å². The Hall–Kier alpha value is -2.15. The maximum absolute atomic E-state index is 11.8. The Kier molecular flexibility index (Phi) is 5.92. The molecule has 2 N–H and O–H groups in total. The predicted molar refractivity (Wildman–Crippen MR) is 72.0 cm³/mol. The first-order valence-corrected chi connectivity index (χ1v) is 6.22. The number of hydrogen-bond acceptors (Lipinski definition) is 5. The van der Waals surface area contributed by atoms with Crippen molar-refractivity contribution < 1.29 is 19.1 Å². The molecule has 0 fully saturated rings. The molecule has 0 atom stereocenters. The number of esters is 1. The van der Waals surface area contributed by atoms with Crippen LogP contribution in [0.4, 0.5) is 0 Å². The summed E-state index contributed by atoms with van der Waals surface area (Å²) in [5, 5.41) is 2.26. The van der Waals surface area contributed by atoms with Crippen LogP contribution < -0.4 is 5.32 Å². The van der Waals surface area contributed by atoms with Gasteiger partial charge in [0, 0.05) is 12.2 Å². The molecule has 20 heavy (non-hydrogen) atoms. The number of H-pyrrole nitrogens is 1. The van der Waals surface area contributed by atoms with Crippen LogP contribution in [0.1, 0.15) is 24.3 Å². The lowest BCUT2D eigenvalue weighted by Crippen LogP contribution is -2.45. The zero-order chi connectivity index (χ0) is 15.1. The van der Waals surface area contributed by atoms with Gasteiger partial charge in [0.05, 0.1) is 20.2 Å². The van der Waals surface area contributed by atoms with Crippen molar-refractivity contribution >= 4 is 17.8 Å². The second-order valence-electron chi connectivity index (χ2n) is 4.54. The van der Waals surface area contributed by atoms with E-state index in [4.69, 9.17) is 0 Å². The molecule has 1 aromatic rings. The summed E-state index contributed by atoms with van der Waals surface area (Å²) in [5.74, 6) is -1.40. The number of methoxy groups -OCH3 is 1. The van der Waals surface area contributed by atoms with E-state index >= 15 is 0 Å². The van der Waals surface area contributed by atoms with E-state index in [0.717, 1.165) is 0 Å². The molecule has 0 radical (unpaired) electrons. The maximum atomic E-state index is 11.8. The quantitative estimate of drug-likeness (QED) is 0.724. The highest BCUT2D eigenvalue weighted by atomic mass is 16.5. The lowest BCUT2D eigenvalue weighted by atomic mass is 10.3. The summed E-state index contributed by atoms with van der Waals surface area (Å²) in [6, 6.07) is 3.20. The molecule has 0 saturated carbocycles. The third-order valence-corrected chi connectivity index (χ3v) is 2.73. The summed E-state index contributed by atoms with van der Waals surface area (Å²) in [5.41, 5.74) is 0.308. The minimum Gasteiger partial charge on any atom is -0.468 e. The van der Waals surface area contributed by atoms with Crippen LogP contribution in [0.5, 0.6) is 0 Å². The summed E-state index contributed by atoms with van der Waals surface area (Å²) >= 11 is 0. The molecule has 0 aliphatic heterocycles. The van der Waals surface area contributed by atoms with Gasteiger partial charge in [0.1, 0.15) is 5.69 Å². The van der Waals surface area contributed by atoms with Crippen molar-refractivity contribution in [2.75, 3.05) is 20.2 Å². The van der Waals surface area contributed by atoms with Crippen LogP contribution in [0, 0.1) is 0 Å². The van der Waals surface area contributed by atoms with Crippen LogP contribution in [0.3, 0.4) is 0 Å². The number of aromatic nitrogens is 1. The van der Waals surface area contributed by atoms with Crippen LogP contribution in [0.2, 0.25) is 0 Å². The standard InChI is InChI=1S/C13H19N3O4/c1-9(2)16(8-12(18)20-3)7-11(17)15-13(19)10-5-4-6-14-10/h4-6,9,14H,7-8H2,1-3H3,(H,15,17,19). The molecule has 0 aromatic carbocycles. The van der Waals surface area contributed by atoms with E-state index in [1.165, 1.54) is 7.11 Å². The summed E-state index contributed by atoms with van der Waals surface area (Å²) in [7, 11) is 1.29. The monoisotopic (exact) mass is 281 g/mol. The Bertz CT molecular complexity index is 468. The number of nitrogens with one attached hydrogen (secondary N) is 2. The lowest BCUT2D eigenvalue weighted by Gasteiger charge is -2.24. The van der Waals surface area contributed by atoms with Crippen LogP contribution in [-0.2, 0) is 14.3 Å². The smallest absolute Gasteiger partial charge is 0.319 e. The number of imide groups is 1. The average molecular weight is 281 g/mol. The molecule has 1 aromatic heterocycles. The highest BCUT2D eigenvalue weighted by molar-refractivity contribution is 6.04. The molecule has 0 aliphatic carbocycles. The van der Waals surface area contributed by atoms with Gasteiger partial charge in [-0.2, -0.15) is 0 Å². The third kappa shape index (κ3) is 4.85. The molecule has 7 nitrogen and oxygen atoms in total. The van der Waals surface area contributed by atoms with E-state index in [1.807, 2.05) is 13.8 Å². The minimum absolute atomic E-state index is 0.00171. The average Bonchev–Trinajstić information content (AvgIpc) is 2.91. The summed E-state index contributed by atoms with van der Waals surface area (Å²) in [4.78, 5) is 39.0. The molecule has 0 bridgehead atoms. The van der Waals surface area contributed by atoms with E-state index in [2.05, 4.69) is 15.0 Å². The fourth-order valence-electron chi connectivity index (χ4n) is 1.54. The Morgan fingerprint density at radius 2 is 2.05 bits per heavy atom. The van der Waals surface area contributed by atoms with E-state index in [1.54, 1.807) is 23.2 Å². The second-order valence-corrected chi connectivity index (χ2v) is 4.54. The fourth-order valence-corrected chi connectivity index (χ4v) is 1.54. The zero-order valence-corrected chi connectivity index (χ0v) is 11.8. The maximum Gasteiger partial charge on any atom is 0.319 e. The predicted octanol–water partition coefficient (Wildman–Crippen LogP) is 0.155. The summed E-state index contributed by atoms with van der Waals surface area (Å²) in [6.07, 6.45) is 1.59. The number of carbonyl (C=O) groups is 3. The van der Waals surface area contributed by atoms with Gasteiger partial charge in [0.15, 0.2) is 0 Å². The number of ether oxygens (including phenoxy) is 1. The Balaban J connectivity index is 2.54. The molecular weight excluding hydrogens is 262 g/mol. The van der Waals surface area contributed by atoms with E-state index in [-0.39, 0.29) is 19.1 Å². The molecule has 0 unspecified atom stereocenters. The largest absolute Gasteiger partial charge is 0.468 e. The van der Waals surface area contributed by atoms with Crippen molar-refractivity contribution in [3.63, 3.8) is 0 Å². The SMILES string of the molecule is COC(=O)CN(CC(=O)NC(=O)c1ccc[nH]1)C(C)C. The first-order chi connectivity index (χ1) is 9.43. The highest BCUT2D eigenvalue weighted by Gasteiger charge is 2.19. The van der Waals surface area contributed by atoms with Gasteiger partial charge < -0.3 is 9.72 Å². The molecule has 0 saturated heterocycles. The zero-order valence-electron chi connectivity index (χ0n) is 11.8. The molecule has 1 heterocycles. The topological polar surface area (TPSA) is 91.5 Å². The molecule has 1 rings (SSSR count). The fraction of sp³-hybridized carbons (Fsp3) is 0.462. The van der Waals surface area contributed by atoms with E-state index < -0.39 is 17.8 Å². The molecule has 110 valence electrons. The number of amides is 2. The van der Waals surface area contributed by atoms with Crippen molar-refractivity contribution in [1.82, 2.24) is 15.2 Å². The number of nitrogens with zero attached hydrogens (tertiary/aromatic N) is 1. The Morgan fingerprint density at radius 1 is 1.35 bits per heavy atom. The third-order valence-electron chi connectivity index (χ3n) is 2.73. The molecule has 0 aliphatic rings. The van der Waals surface area contributed by atoms with Gasteiger partial charge in [0.2, 0.25) is 5.91 Å². The van der Waals surface area contributed by atoms with Gasteiger partial charge >= 0.3 is 5.97 Å². The number of aromatic amines is 1. The van der Waals surface area contributed by atoms with E-state index in [9.17, 15) is 14.4 Å². The van der Waals surface area contributed by atoms with Gasteiger partial charge in [-0.05, 0) is 26.0 Å². The highest BCUT2D eigenvalue weighted by Crippen LogP contribution is 1.99. The molecule has 0 spiro atoms. The first kappa shape index (κ1) is 15.9. The van der Waals surface area contributed by atoms with Crippen LogP contribution >= 0.6 is 0 Å². The number of rotatable bonds is 6. The van der Waals surface area contributed by atoms with Crippen molar-refractivity contribution in [2.24, 2.45) is 0 Å². The van der Waals surface area contributed by atoms with Crippen molar-refractivity contribution in [3.05, 3.63) is 24.0 Å². The summed E-state index contributed by atoms with van der Waals surface area (Å²) < 4.78 is 4.57. The molecular formula is C13H19N3O4. The second kappa shape index (κ2) is 7.44. The number of hydrogen-bond donors (Lipinski definition) is 2. The van der Waals surface area contributed by atoms with Gasteiger partial charge in [-0.3, -0.25) is 24.6 Å². The lowest BCUT2D eigenvalue weighted by molar-refractivity contribution is -0.142. The van der Waals surface area contributed by atoms with Gasteiger partial charge in [0.25, 0.3) is 5.91 Å². The van der Waals surface area contributed by atoms with Crippen molar-refractivity contribution in [2.45, 2.75) is 19.9 Å². The summed E-state index contributed by atoms with van der Waals surface area (Å²) in [6.45, 7) is 3.64.